The van der Waals surface area contributed by atoms with Gasteiger partial charge in [-0.25, -0.2) is 8.78 Å². The van der Waals surface area contributed by atoms with Crippen LogP contribution in [0.2, 0.25) is 0 Å². The molecule has 0 atom stereocenters. The van der Waals surface area contributed by atoms with E-state index < -0.39 is 6.93 Å². The van der Waals surface area contributed by atoms with Crippen LogP contribution in [0.1, 0.15) is 26.3 Å². The minimum absolute atomic E-state index is 0.500. The molecule has 0 amide bonds. The molecular weight excluding hydrogens is 506 g/mol. The Hall–Kier alpha value is 1.05. The third kappa shape index (κ3) is 36.0. The maximum absolute atomic E-state index is 9.62. The summed E-state index contributed by atoms with van der Waals surface area (Å²) in [6.07, 6.45) is 1.14. The van der Waals surface area contributed by atoms with Gasteiger partial charge in [0.05, 0.1) is 7.18 Å². The normalized spacial score (nSPS) is 6.50. The molecule has 0 radical (unpaired) electrons. The van der Waals surface area contributed by atoms with Gasteiger partial charge in [0.15, 0.2) is 0 Å². The Kier molecular flexibility index (Phi) is 55.0. The summed E-state index contributed by atoms with van der Waals surface area (Å²) >= 11 is 4.74. The molecule has 0 saturated carbocycles. The molecule has 0 spiro atoms. The Labute approximate surface area is 138 Å². The van der Waals surface area contributed by atoms with Gasteiger partial charge in [0.25, 0.3) is 0 Å². The maximum atomic E-state index is 9.62. The molecular formula is C12H21F3I2V. The zero-order valence-electron chi connectivity index (χ0n) is 11.1. The van der Waals surface area contributed by atoms with Crippen LogP contribution in [0.15, 0.2) is 30.3 Å². The van der Waals surface area contributed by atoms with Crippen molar-refractivity contribution < 1.29 is 22.6 Å². The van der Waals surface area contributed by atoms with Crippen LogP contribution in [-0.2, 0) is 15.9 Å². The van der Waals surface area contributed by atoms with Gasteiger partial charge >= 0.3 is 49.4 Å². The van der Waals surface area contributed by atoms with E-state index in [4.69, 9.17) is 0 Å². The fourth-order valence-electron chi connectivity index (χ4n) is 0.714. The van der Waals surface area contributed by atoms with E-state index in [0.29, 0.717) is 16.6 Å². The average molecular weight is 527 g/mol. The van der Waals surface area contributed by atoms with E-state index in [9.17, 15) is 13.2 Å². The summed E-state index contributed by atoms with van der Waals surface area (Å²) < 4.78 is 28.8. The molecule has 0 unspecified atom stereocenters. The van der Waals surface area contributed by atoms with Gasteiger partial charge in [-0.1, -0.05) is 51.1 Å². The minimum atomic E-state index is -1.75. The first kappa shape index (κ1) is 27.4. The van der Waals surface area contributed by atoms with E-state index in [2.05, 4.69) is 71.1 Å². The standard InChI is InChI=1S/C8H10.C2H6.CH2F2.CH3F.2HI.V/c1-2-8-6-4-3-5-7-8;1-2;2-1-3;1-2;;;/h3-7H,2H2,1H3;1-2H3;1H2;1H3;2*1H;/q;;;;;;+2/p-2. The van der Waals surface area contributed by atoms with Crippen molar-refractivity contribution in [2.24, 2.45) is 0 Å². The van der Waals surface area contributed by atoms with E-state index >= 15 is 0 Å². The molecule has 0 aliphatic carbocycles. The Morgan fingerprint density at radius 2 is 1.28 bits per heavy atom. The summed E-state index contributed by atoms with van der Waals surface area (Å²) in [5.74, 6) is 0. The number of rotatable bonds is 1. The second-order valence-corrected chi connectivity index (χ2v) is 13.8. The molecule has 0 fully saturated rings. The quantitative estimate of drug-likeness (QED) is 0.366. The fourth-order valence-corrected chi connectivity index (χ4v) is 0.714. The van der Waals surface area contributed by atoms with Gasteiger partial charge in [0.1, 0.15) is 0 Å². The van der Waals surface area contributed by atoms with Crippen LogP contribution in [-0.4, -0.2) is 14.1 Å². The van der Waals surface area contributed by atoms with Gasteiger partial charge in [0, 0.05) is 0 Å². The number of hydrogen-bond donors (Lipinski definition) is 0. The van der Waals surface area contributed by atoms with Crippen molar-refractivity contribution in [3.63, 3.8) is 0 Å². The molecule has 0 aliphatic heterocycles. The van der Waals surface area contributed by atoms with Gasteiger partial charge in [-0.3, -0.25) is 4.39 Å². The van der Waals surface area contributed by atoms with E-state index in [1.54, 1.807) is 0 Å². The van der Waals surface area contributed by atoms with Crippen molar-refractivity contribution in [3.8, 4) is 0 Å². The number of alkyl halides is 3. The Morgan fingerprint density at radius 1 is 1.00 bits per heavy atom. The monoisotopic (exact) mass is 527 g/mol. The third-order valence-electron chi connectivity index (χ3n) is 1.25. The summed E-state index contributed by atoms with van der Waals surface area (Å²) in [5, 5.41) is 0. The van der Waals surface area contributed by atoms with Crippen molar-refractivity contribution >= 4 is 40.0 Å². The van der Waals surface area contributed by atoms with E-state index in [0.717, 1.165) is 6.42 Å². The number of benzene rings is 1. The van der Waals surface area contributed by atoms with E-state index in [1.807, 2.05) is 19.9 Å². The van der Waals surface area contributed by atoms with Gasteiger partial charge in [-0.15, -0.1) is 0 Å². The van der Waals surface area contributed by atoms with Crippen LogP contribution in [0.25, 0.3) is 0 Å². The van der Waals surface area contributed by atoms with Crippen LogP contribution in [0, 0.1) is 0 Å². The van der Waals surface area contributed by atoms with Crippen molar-refractivity contribution in [3.05, 3.63) is 35.9 Å². The predicted molar refractivity (Wildman–Crippen MR) is 89.3 cm³/mol. The zero-order chi connectivity index (χ0) is 15.2. The van der Waals surface area contributed by atoms with Crippen LogP contribution in [0.4, 0.5) is 13.2 Å². The molecule has 0 N–H and O–H groups in total. The van der Waals surface area contributed by atoms with Crippen molar-refractivity contribution in [1.29, 1.82) is 0 Å². The van der Waals surface area contributed by atoms with Crippen LogP contribution >= 0.6 is 40.0 Å². The first-order valence-electron chi connectivity index (χ1n) is 5.22. The summed E-state index contributed by atoms with van der Waals surface area (Å²) in [4.78, 5) is 0. The second-order valence-electron chi connectivity index (χ2n) is 2.00. The second kappa shape index (κ2) is 36.1. The molecule has 0 aromatic heterocycles. The first-order chi connectivity index (χ1) is 8.76. The van der Waals surface area contributed by atoms with Crippen LogP contribution in [0.3, 0.4) is 0 Å². The molecule has 0 nitrogen and oxygen atoms in total. The van der Waals surface area contributed by atoms with Gasteiger partial charge in [-0.2, -0.15) is 0 Å². The zero-order valence-corrected chi connectivity index (χ0v) is 16.8. The molecule has 0 saturated heterocycles. The van der Waals surface area contributed by atoms with E-state index in [-0.39, 0.29) is 0 Å². The molecule has 0 aliphatic rings. The SMILES string of the molecule is CC.CCc1ccccc1.CF.FCF.[I][V][I]. The predicted octanol–water partition coefficient (Wildman–Crippen LogP) is 6.51. The van der Waals surface area contributed by atoms with Gasteiger partial charge < -0.3 is 0 Å². The van der Waals surface area contributed by atoms with Crippen molar-refractivity contribution in [2.45, 2.75) is 27.2 Å². The summed E-state index contributed by atoms with van der Waals surface area (Å²) in [6, 6.07) is 10.5. The van der Waals surface area contributed by atoms with Crippen molar-refractivity contribution in [2.75, 3.05) is 14.1 Å². The summed E-state index contributed by atoms with van der Waals surface area (Å²) in [5.41, 5.74) is 1.41. The number of halogens is 5. The van der Waals surface area contributed by atoms with Crippen LogP contribution < -0.4 is 0 Å². The topological polar surface area (TPSA) is 0 Å². The van der Waals surface area contributed by atoms with Crippen molar-refractivity contribution in [1.82, 2.24) is 0 Å². The average Bonchev–Trinajstić information content (AvgIpc) is 2.46. The Bertz CT molecular complexity index is 188. The molecule has 109 valence electrons. The molecule has 1 aromatic rings. The Morgan fingerprint density at radius 3 is 1.44 bits per heavy atom. The van der Waals surface area contributed by atoms with E-state index in [1.165, 1.54) is 5.56 Å². The summed E-state index contributed by atoms with van der Waals surface area (Å²) in [6.45, 7) is 4.41. The fraction of sp³-hybridized carbons (Fsp3) is 0.500. The number of hydrogen-bond acceptors (Lipinski definition) is 0. The van der Waals surface area contributed by atoms with Gasteiger partial charge in [0.2, 0.25) is 6.93 Å². The molecule has 18 heavy (non-hydrogen) atoms. The molecule has 1 aromatic carbocycles. The molecule has 6 heteroatoms. The van der Waals surface area contributed by atoms with Gasteiger partial charge in [-0.05, 0) is 12.0 Å². The molecule has 0 bridgehead atoms. The molecule has 0 heterocycles. The number of aryl methyl sites for hydroxylation is 1. The summed E-state index contributed by atoms with van der Waals surface area (Å²) in [7, 11) is 1.13. The Balaban J connectivity index is -0.0000000834. The third-order valence-corrected chi connectivity index (χ3v) is 1.25. The first-order valence-corrected chi connectivity index (χ1v) is 14.2. The van der Waals surface area contributed by atoms with Crippen LogP contribution in [0.5, 0.6) is 0 Å². The molecule has 1 rings (SSSR count).